The van der Waals surface area contributed by atoms with Crippen LogP contribution in [0.3, 0.4) is 0 Å². The lowest BCUT2D eigenvalue weighted by Crippen LogP contribution is -1.98. The summed E-state index contributed by atoms with van der Waals surface area (Å²) >= 11 is 0. The summed E-state index contributed by atoms with van der Waals surface area (Å²) < 4.78 is 0. The zero-order valence-electron chi connectivity index (χ0n) is 9.46. The van der Waals surface area contributed by atoms with Crippen LogP contribution < -0.4 is 5.73 Å². The first-order valence-electron chi connectivity index (χ1n) is 5.05. The molecule has 0 aliphatic heterocycles. The van der Waals surface area contributed by atoms with Gasteiger partial charge >= 0.3 is 0 Å². The van der Waals surface area contributed by atoms with Gasteiger partial charge in [0.1, 0.15) is 0 Å². The van der Waals surface area contributed by atoms with Crippen molar-refractivity contribution in [3.05, 3.63) is 41.0 Å². The zero-order valence-corrected chi connectivity index (χ0v) is 9.46. The van der Waals surface area contributed by atoms with E-state index in [2.05, 4.69) is 52.0 Å². The van der Waals surface area contributed by atoms with Crippen LogP contribution in [0.25, 0.3) is 0 Å². The van der Waals surface area contributed by atoms with Crippen molar-refractivity contribution in [2.75, 3.05) is 5.73 Å². The minimum absolute atomic E-state index is 0.472. The van der Waals surface area contributed by atoms with E-state index >= 15 is 0 Å². The summed E-state index contributed by atoms with van der Waals surface area (Å²) in [6.45, 7) is 8.43. The fourth-order valence-corrected chi connectivity index (χ4v) is 1.74. The molecule has 76 valence electrons. The first-order chi connectivity index (χ1) is 6.56. The molecule has 1 atom stereocenters. The molecule has 1 heteroatoms. The average molecular weight is 189 g/mol. The quantitative estimate of drug-likeness (QED) is 0.558. The van der Waals surface area contributed by atoms with Crippen LogP contribution in [0.2, 0.25) is 0 Å². The Morgan fingerprint density at radius 2 is 1.86 bits per heavy atom. The van der Waals surface area contributed by atoms with Crippen LogP contribution in [-0.4, -0.2) is 0 Å². The fraction of sp³-hybridized carbons (Fsp3) is 0.385. The van der Waals surface area contributed by atoms with Gasteiger partial charge in [0, 0.05) is 5.69 Å². The predicted octanol–water partition coefficient (Wildman–Crippen LogP) is 3.57. The third kappa shape index (κ3) is 2.16. The Morgan fingerprint density at radius 3 is 2.43 bits per heavy atom. The van der Waals surface area contributed by atoms with Crippen molar-refractivity contribution in [1.29, 1.82) is 0 Å². The number of benzene rings is 1. The molecule has 1 unspecified atom stereocenters. The lowest BCUT2D eigenvalue weighted by atomic mass is 9.93. The molecule has 0 spiro atoms. The van der Waals surface area contributed by atoms with Gasteiger partial charge in [0.15, 0.2) is 0 Å². The van der Waals surface area contributed by atoms with Gasteiger partial charge in [-0.15, -0.1) is 0 Å². The Kier molecular flexibility index (Phi) is 3.34. The lowest BCUT2D eigenvalue weighted by molar-refractivity contribution is 0.947. The Balaban J connectivity index is 3.15. The molecule has 0 bridgehead atoms. The number of allylic oxidation sites excluding steroid dienone is 2. The molecule has 1 nitrogen and oxygen atoms in total. The van der Waals surface area contributed by atoms with Crippen LogP contribution in [0.5, 0.6) is 0 Å². The predicted molar refractivity (Wildman–Crippen MR) is 63.6 cm³/mol. The summed E-state index contributed by atoms with van der Waals surface area (Å²) in [5.41, 5.74) is 10.5. The van der Waals surface area contributed by atoms with Crippen molar-refractivity contribution in [3.63, 3.8) is 0 Å². The van der Waals surface area contributed by atoms with Gasteiger partial charge in [-0.25, -0.2) is 0 Å². The van der Waals surface area contributed by atoms with Gasteiger partial charge < -0.3 is 5.73 Å². The highest BCUT2D eigenvalue weighted by Crippen LogP contribution is 2.25. The van der Waals surface area contributed by atoms with E-state index in [1.54, 1.807) is 0 Å². The molecule has 0 fully saturated rings. The van der Waals surface area contributed by atoms with E-state index in [0.717, 1.165) is 5.69 Å². The third-order valence-corrected chi connectivity index (χ3v) is 2.63. The van der Waals surface area contributed by atoms with E-state index in [4.69, 9.17) is 5.73 Å². The molecule has 0 aliphatic rings. The normalized spacial score (nSPS) is 13.4. The van der Waals surface area contributed by atoms with Gasteiger partial charge in [0.05, 0.1) is 0 Å². The van der Waals surface area contributed by atoms with Gasteiger partial charge in [-0.3, -0.25) is 0 Å². The van der Waals surface area contributed by atoms with Crippen LogP contribution in [0.1, 0.15) is 36.5 Å². The first kappa shape index (κ1) is 10.8. The molecule has 1 rings (SSSR count). The number of aryl methyl sites for hydroxylation is 2. The minimum atomic E-state index is 0.472. The average Bonchev–Trinajstić information content (AvgIpc) is 2.11. The molecule has 0 saturated heterocycles. The Labute approximate surface area is 86.6 Å². The van der Waals surface area contributed by atoms with Crippen molar-refractivity contribution in [3.8, 4) is 0 Å². The van der Waals surface area contributed by atoms with Gasteiger partial charge in [-0.2, -0.15) is 0 Å². The summed E-state index contributed by atoms with van der Waals surface area (Å²) in [5, 5.41) is 0. The van der Waals surface area contributed by atoms with E-state index in [-0.39, 0.29) is 0 Å². The number of nitrogens with two attached hydrogens (primary N) is 1. The highest BCUT2D eigenvalue weighted by molar-refractivity contribution is 5.52. The summed E-state index contributed by atoms with van der Waals surface area (Å²) in [7, 11) is 0. The molecule has 0 radical (unpaired) electrons. The Bertz CT molecular complexity index is 350. The maximum Gasteiger partial charge on any atom is 0.0346 e. The zero-order chi connectivity index (χ0) is 10.7. The van der Waals surface area contributed by atoms with Gasteiger partial charge in [-0.1, -0.05) is 25.1 Å². The molecule has 0 saturated carbocycles. The van der Waals surface area contributed by atoms with Crippen molar-refractivity contribution in [2.45, 2.75) is 33.6 Å². The van der Waals surface area contributed by atoms with Crippen molar-refractivity contribution in [1.82, 2.24) is 0 Å². The van der Waals surface area contributed by atoms with E-state index in [1.165, 1.54) is 16.7 Å². The van der Waals surface area contributed by atoms with Crippen molar-refractivity contribution in [2.24, 2.45) is 0 Å². The van der Waals surface area contributed by atoms with E-state index in [1.807, 2.05) is 0 Å². The second-order valence-corrected chi connectivity index (χ2v) is 3.88. The second kappa shape index (κ2) is 4.32. The standard InChI is InChI=1S/C13H19N/c1-5-6-9(2)12-7-11(4)13(14)8-10(12)3/h5-9H,14H2,1-4H3. The van der Waals surface area contributed by atoms with Crippen molar-refractivity contribution >= 4 is 5.69 Å². The molecule has 0 heterocycles. The Hall–Kier alpha value is -1.24. The summed E-state index contributed by atoms with van der Waals surface area (Å²) in [6, 6.07) is 4.25. The first-order valence-corrected chi connectivity index (χ1v) is 5.05. The summed E-state index contributed by atoms with van der Waals surface area (Å²) in [4.78, 5) is 0. The molecule has 0 aliphatic carbocycles. The number of nitrogen functional groups attached to an aromatic ring is 1. The molecular formula is C13H19N. The van der Waals surface area contributed by atoms with E-state index in [0.29, 0.717) is 5.92 Å². The Morgan fingerprint density at radius 1 is 1.21 bits per heavy atom. The van der Waals surface area contributed by atoms with Crippen molar-refractivity contribution < 1.29 is 0 Å². The highest BCUT2D eigenvalue weighted by Gasteiger charge is 2.06. The molecule has 0 aromatic heterocycles. The monoisotopic (exact) mass is 189 g/mol. The number of hydrogen-bond donors (Lipinski definition) is 1. The van der Waals surface area contributed by atoms with E-state index < -0.39 is 0 Å². The molecule has 1 aromatic rings. The number of hydrogen-bond acceptors (Lipinski definition) is 1. The summed E-state index contributed by atoms with van der Waals surface area (Å²) in [6.07, 6.45) is 4.30. The topological polar surface area (TPSA) is 26.0 Å². The van der Waals surface area contributed by atoms with Gasteiger partial charge in [0.2, 0.25) is 0 Å². The maximum atomic E-state index is 5.85. The smallest absolute Gasteiger partial charge is 0.0346 e. The fourth-order valence-electron chi connectivity index (χ4n) is 1.74. The molecular weight excluding hydrogens is 170 g/mol. The maximum absolute atomic E-state index is 5.85. The van der Waals surface area contributed by atoms with Crippen LogP contribution in [0.4, 0.5) is 5.69 Å². The second-order valence-electron chi connectivity index (χ2n) is 3.88. The minimum Gasteiger partial charge on any atom is -0.399 e. The van der Waals surface area contributed by atoms with Crippen LogP contribution in [0.15, 0.2) is 24.3 Å². The highest BCUT2D eigenvalue weighted by atomic mass is 14.6. The number of rotatable bonds is 2. The lowest BCUT2D eigenvalue weighted by Gasteiger charge is -2.13. The number of anilines is 1. The molecule has 0 amide bonds. The SMILES string of the molecule is CC=CC(C)c1cc(C)c(N)cc1C. The summed E-state index contributed by atoms with van der Waals surface area (Å²) in [5.74, 6) is 0.472. The molecule has 1 aromatic carbocycles. The van der Waals surface area contributed by atoms with E-state index in [9.17, 15) is 0 Å². The van der Waals surface area contributed by atoms with Gasteiger partial charge in [-0.05, 0) is 49.4 Å². The largest absolute Gasteiger partial charge is 0.399 e. The molecule has 2 N–H and O–H groups in total. The van der Waals surface area contributed by atoms with Crippen LogP contribution in [-0.2, 0) is 0 Å². The van der Waals surface area contributed by atoms with Crippen LogP contribution >= 0.6 is 0 Å². The molecule has 14 heavy (non-hydrogen) atoms. The van der Waals surface area contributed by atoms with Gasteiger partial charge in [0.25, 0.3) is 0 Å². The van der Waals surface area contributed by atoms with Crippen LogP contribution in [0, 0.1) is 13.8 Å². The third-order valence-electron chi connectivity index (χ3n) is 2.63.